The molecule has 0 aliphatic carbocycles. The number of carboxylic acid groups (broad SMARTS) is 1. The van der Waals surface area contributed by atoms with Gasteiger partial charge in [-0.2, -0.15) is 0 Å². The second kappa shape index (κ2) is 4.20. The van der Waals surface area contributed by atoms with E-state index in [1.807, 2.05) is 12.1 Å². The van der Waals surface area contributed by atoms with Gasteiger partial charge in [-0.15, -0.1) is 0 Å². The van der Waals surface area contributed by atoms with Gasteiger partial charge < -0.3 is 9.84 Å². The Hall–Kier alpha value is -2.69. The highest BCUT2D eigenvalue weighted by atomic mass is 16.5. The lowest BCUT2D eigenvalue weighted by molar-refractivity contribution is 0.0699. The molecular weight excluding hydrogens is 244 g/mol. The maximum Gasteiger partial charge on any atom is 0.337 e. The highest BCUT2D eigenvalue weighted by Gasteiger charge is 2.13. The maximum atomic E-state index is 11.2. The van der Waals surface area contributed by atoms with Gasteiger partial charge in [-0.05, 0) is 24.3 Å². The van der Waals surface area contributed by atoms with Gasteiger partial charge in [0.05, 0.1) is 23.7 Å². The van der Waals surface area contributed by atoms with Crippen LogP contribution in [0.3, 0.4) is 0 Å². The first-order chi connectivity index (χ1) is 9.20. The van der Waals surface area contributed by atoms with E-state index in [1.54, 1.807) is 25.3 Å². The lowest BCUT2D eigenvalue weighted by Gasteiger charge is -2.06. The number of rotatable bonds is 2. The first-order valence-corrected chi connectivity index (χ1v) is 5.67. The number of carbonyl (C=O) groups is 1. The van der Waals surface area contributed by atoms with E-state index in [0.717, 1.165) is 0 Å². The van der Waals surface area contributed by atoms with Crippen molar-refractivity contribution in [3.63, 3.8) is 0 Å². The van der Waals surface area contributed by atoms with Crippen LogP contribution in [0.1, 0.15) is 10.4 Å². The molecule has 0 spiro atoms. The molecule has 0 aliphatic heterocycles. The van der Waals surface area contributed by atoms with E-state index in [1.165, 1.54) is 6.07 Å². The highest BCUT2D eigenvalue weighted by Crippen LogP contribution is 2.25. The van der Waals surface area contributed by atoms with Crippen molar-refractivity contribution in [3.8, 4) is 5.75 Å². The van der Waals surface area contributed by atoms with Crippen LogP contribution in [0, 0.1) is 0 Å². The van der Waals surface area contributed by atoms with Crippen LogP contribution < -0.4 is 4.74 Å². The average molecular weight is 254 g/mol. The lowest BCUT2D eigenvalue weighted by Crippen LogP contribution is -2.00. The van der Waals surface area contributed by atoms with E-state index >= 15 is 0 Å². The zero-order valence-electron chi connectivity index (χ0n) is 10.1. The second-order valence-corrected chi connectivity index (χ2v) is 4.03. The van der Waals surface area contributed by atoms with Gasteiger partial charge in [0.15, 0.2) is 0 Å². The minimum atomic E-state index is -1.02. The zero-order chi connectivity index (χ0) is 13.4. The quantitative estimate of drug-likeness (QED) is 0.711. The molecule has 0 radical (unpaired) electrons. The fraction of sp³-hybridized carbons (Fsp3) is 0.0714. The SMILES string of the molecule is COc1cccc2nc3cccc(C(=O)O)c3nc12. The molecular formula is C14H10N2O3. The molecule has 0 saturated heterocycles. The Morgan fingerprint density at radius 1 is 1.05 bits per heavy atom. The molecule has 1 aromatic heterocycles. The third kappa shape index (κ3) is 1.76. The Bertz CT molecular complexity index is 799. The summed E-state index contributed by atoms with van der Waals surface area (Å²) in [4.78, 5) is 20.0. The first kappa shape index (κ1) is 11.4. The first-order valence-electron chi connectivity index (χ1n) is 5.67. The third-order valence-corrected chi connectivity index (χ3v) is 2.91. The summed E-state index contributed by atoms with van der Waals surface area (Å²) in [6.07, 6.45) is 0. The molecule has 0 bridgehead atoms. The van der Waals surface area contributed by atoms with Crippen molar-refractivity contribution in [2.45, 2.75) is 0 Å². The maximum absolute atomic E-state index is 11.2. The number of aromatic carboxylic acids is 1. The van der Waals surface area contributed by atoms with E-state index in [9.17, 15) is 9.90 Å². The summed E-state index contributed by atoms with van der Waals surface area (Å²) in [6.45, 7) is 0. The normalized spacial score (nSPS) is 10.8. The van der Waals surface area contributed by atoms with Crippen molar-refractivity contribution < 1.29 is 14.6 Å². The van der Waals surface area contributed by atoms with E-state index in [4.69, 9.17) is 4.74 Å². The Morgan fingerprint density at radius 3 is 2.42 bits per heavy atom. The van der Waals surface area contributed by atoms with Gasteiger partial charge in [0.1, 0.15) is 16.8 Å². The number of ether oxygens (including phenoxy) is 1. The van der Waals surface area contributed by atoms with Crippen LogP contribution >= 0.6 is 0 Å². The molecule has 3 rings (SSSR count). The summed E-state index contributed by atoms with van der Waals surface area (Å²) in [7, 11) is 1.55. The van der Waals surface area contributed by atoms with Gasteiger partial charge >= 0.3 is 5.97 Å². The number of nitrogens with zero attached hydrogens (tertiary/aromatic N) is 2. The summed E-state index contributed by atoms with van der Waals surface area (Å²) >= 11 is 0. The van der Waals surface area contributed by atoms with Gasteiger partial charge in [-0.1, -0.05) is 12.1 Å². The summed E-state index contributed by atoms with van der Waals surface area (Å²) in [6, 6.07) is 10.3. The van der Waals surface area contributed by atoms with Crippen LogP contribution in [-0.4, -0.2) is 28.2 Å². The van der Waals surface area contributed by atoms with Crippen LogP contribution in [0.5, 0.6) is 5.75 Å². The minimum absolute atomic E-state index is 0.137. The molecule has 0 fully saturated rings. The van der Waals surface area contributed by atoms with Crippen LogP contribution in [0.25, 0.3) is 22.1 Å². The minimum Gasteiger partial charge on any atom is -0.494 e. The number of para-hydroxylation sites is 2. The Kier molecular flexibility index (Phi) is 2.52. The molecule has 19 heavy (non-hydrogen) atoms. The molecule has 1 heterocycles. The molecule has 0 unspecified atom stereocenters. The fourth-order valence-corrected chi connectivity index (χ4v) is 2.03. The molecule has 94 valence electrons. The van der Waals surface area contributed by atoms with Crippen molar-refractivity contribution in [2.24, 2.45) is 0 Å². The molecule has 3 aromatic rings. The number of hydrogen-bond donors (Lipinski definition) is 1. The second-order valence-electron chi connectivity index (χ2n) is 4.03. The largest absolute Gasteiger partial charge is 0.494 e. The number of hydrogen-bond acceptors (Lipinski definition) is 4. The van der Waals surface area contributed by atoms with E-state index in [2.05, 4.69) is 9.97 Å². The van der Waals surface area contributed by atoms with Crippen molar-refractivity contribution >= 4 is 28.0 Å². The van der Waals surface area contributed by atoms with Gasteiger partial charge in [-0.25, -0.2) is 14.8 Å². The summed E-state index contributed by atoms with van der Waals surface area (Å²) in [5.41, 5.74) is 2.30. The average Bonchev–Trinajstić information content (AvgIpc) is 2.43. The highest BCUT2D eigenvalue weighted by molar-refractivity contribution is 6.03. The Balaban J connectivity index is 2.46. The van der Waals surface area contributed by atoms with Crippen molar-refractivity contribution in [3.05, 3.63) is 42.0 Å². The predicted octanol–water partition coefficient (Wildman–Crippen LogP) is 2.49. The van der Waals surface area contributed by atoms with Crippen LogP contribution in [0.15, 0.2) is 36.4 Å². The molecule has 5 heteroatoms. The molecule has 0 saturated carbocycles. The summed E-state index contributed by atoms with van der Waals surface area (Å²) < 4.78 is 5.23. The van der Waals surface area contributed by atoms with Crippen molar-refractivity contribution in [2.75, 3.05) is 7.11 Å². The monoisotopic (exact) mass is 254 g/mol. The number of aromatic nitrogens is 2. The van der Waals surface area contributed by atoms with Crippen LogP contribution in [0.2, 0.25) is 0 Å². The molecule has 1 N–H and O–H groups in total. The van der Waals surface area contributed by atoms with Crippen LogP contribution in [0.4, 0.5) is 0 Å². The Labute approximate surface area is 108 Å². The number of carboxylic acids is 1. The predicted molar refractivity (Wildman–Crippen MR) is 70.6 cm³/mol. The Morgan fingerprint density at radius 2 is 1.74 bits per heavy atom. The third-order valence-electron chi connectivity index (χ3n) is 2.91. The zero-order valence-corrected chi connectivity index (χ0v) is 10.1. The molecule has 0 amide bonds. The van der Waals surface area contributed by atoms with Crippen molar-refractivity contribution in [1.29, 1.82) is 0 Å². The van der Waals surface area contributed by atoms with Crippen molar-refractivity contribution in [1.82, 2.24) is 9.97 Å². The van der Waals surface area contributed by atoms with Gasteiger partial charge in [0.2, 0.25) is 0 Å². The lowest BCUT2D eigenvalue weighted by atomic mass is 10.1. The molecule has 5 nitrogen and oxygen atoms in total. The molecule has 0 aliphatic rings. The standard InChI is InChI=1S/C14H10N2O3/c1-19-11-7-3-6-10-13(11)16-12-8(14(17)18)4-2-5-9(12)15-10/h2-7H,1H3,(H,17,18). The van der Waals surface area contributed by atoms with E-state index < -0.39 is 5.97 Å². The van der Waals surface area contributed by atoms with E-state index in [0.29, 0.717) is 27.8 Å². The number of benzene rings is 2. The summed E-state index contributed by atoms with van der Waals surface area (Å²) in [5.74, 6) is -0.443. The van der Waals surface area contributed by atoms with Gasteiger partial charge in [-0.3, -0.25) is 0 Å². The van der Waals surface area contributed by atoms with Gasteiger partial charge in [0.25, 0.3) is 0 Å². The van der Waals surface area contributed by atoms with Crippen LogP contribution in [-0.2, 0) is 0 Å². The number of fused-ring (bicyclic) bond motifs is 2. The summed E-state index contributed by atoms with van der Waals surface area (Å²) in [5, 5.41) is 9.18. The topological polar surface area (TPSA) is 72.3 Å². The number of methoxy groups -OCH3 is 1. The fourth-order valence-electron chi connectivity index (χ4n) is 2.03. The molecule has 2 aromatic carbocycles. The molecule has 0 atom stereocenters. The van der Waals surface area contributed by atoms with E-state index in [-0.39, 0.29) is 5.56 Å². The smallest absolute Gasteiger partial charge is 0.337 e. The van der Waals surface area contributed by atoms with Gasteiger partial charge in [0, 0.05) is 0 Å².